The fourth-order valence-corrected chi connectivity index (χ4v) is 2.55. The second-order valence-corrected chi connectivity index (χ2v) is 8.64. The van der Waals surface area contributed by atoms with Gasteiger partial charge in [0.25, 0.3) is 0 Å². The summed E-state index contributed by atoms with van der Waals surface area (Å²) in [6.45, 7) is 1.94. The van der Waals surface area contributed by atoms with Gasteiger partial charge in [0.1, 0.15) is 13.2 Å². The van der Waals surface area contributed by atoms with Crippen LogP contribution < -0.4 is 0 Å². The van der Waals surface area contributed by atoms with Crippen molar-refractivity contribution in [3.63, 3.8) is 0 Å². The number of unbranched alkanes of at least 4 members (excludes halogenated alkanes) is 3. The fourth-order valence-electron chi connectivity index (χ4n) is 2.39. The van der Waals surface area contributed by atoms with Gasteiger partial charge in [-0.15, -0.1) is 0 Å². The summed E-state index contributed by atoms with van der Waals surface area (Å²) in [5.41, 5.74) is 0.893. The average molecular weight is 424 g/mol. The molecule has 1 aromatic carbocycles. The smallest absolute Gasteiger partial charge is 0.309 e. The zero-order valence-electron chi connectivity index (χ0n) is 14.9. The number of carbonyl (C=O) groups is 2. The Labute approximate surface area is 170 Å². The summed E-state index contributed by atoms with van der Waals surface area (Å²) in [6, 6.07) is 9.39. The highest BCUT2D eigenvalue weighted by Crippen LogP contribution is 2.26. The Hall–Kier alpha value is -0.970. The predicted octanol–water partition coefficient (Wildman–Crippen LogP) is 5.62. The molecule has 0 N–H and O–H groups in total. The molecule has 1 aromatic rings. The van der Waals surface area contributed by atoms with Crippen molar-refractivity contribution in [2.45, 2.75) is 55.8 Å². The van der Waals surface area contributed by atoms with Crippen LogP contribution in [0.1, 0.15) is 51.0 Å². The molecule has 1 atom stereocenters. The zero-order valence-corrected chi connectivity index (χ0v) is 17.2. The minimum absolute atomic E-state index is 0.0828. The molecule has 0 bridgehead atoms. The van der Waals surface area contributed by atoms with E-state index in [0.29, 0.717) is 6.42 Å². The maximum absolute atomic E-state index is 12.4. The number of benzene rings is 1. The van der Waals surface area contributed by atoms with Crippen molar-refractivity contribution >= 4 is 46.7 Å². The molecule has 0 unspecified atom stereocenters. The Bertz CT molecular complexity index is 543. The first-order chi connectivity index (χ1) is 12.3. The Kier molecular flexibility index (Phi) is 11.0. The predicted molar refractivity (Wildman–Crippen MR) is 104 cm³/mol. The van der Waals surface area contributed by atoms with Crippen LogP contribution in [0.2, 0.25) is 0 Å². The maximum atomic E-state index is 12.4. The normalized spacial score (nSPS) is 12.5. The van der Waals surface area contributed by atoms with Crippen LogP contribution >= 0.6 is 34.8 Å². The largest absolute Gasteiger partial charge is 0.461 e. The number of hydrogen-bond donors (Lipinski definition) is 0. The molecule has 0 aliphatic rings. The molecule has 7 heteroatoms. The highest BCUT2D eigenvalue weighted by atomic mass is 35.6. The van der Waals surface area contributed by atoms with E-state index >= 15 is 0 Å². The number of rotatable bonds is 11. The molecule has 0 spiro atoms. The third-order valence-electron chi connectivity index (χ3n) is 3.77. The Morgan fingerprint density at radius 1 is 1.04 bits per heavy atom. The van der Waals surface area contributed by atoms with Crippen molar-refractivity contribution in [3.05, 3.63) is 35.9 Å². The topological polar surface area (TPSA) is 52.6 Å². The van der Waals surface area contributed by atoms with Crippen LogP contribution in [0.25, 0.3) is 0 Å². The first kappa shape index (κ1) is 23.1. The van der Waals surface area contributed by atoms with E-state index < -0.39 is 21.6 Å². The molecule has 146 valence electrons. The lowest BCUT2D eigenvalue weighted by Crippen LogP contribution is -2.24. The van der Waals surface area contributed by atoms with Crippen LogP contribution in [-0.2, 0) is 25.7 Å². The zero-order chi connectivity index (χ0) is 19.4. The number of alkyl halides is 3. The number of esters is 2. The first-order valence-electron chi connectivity index (χ1n) is 8.74. The molecular formula is C19H25Cl3O4. The molecule has 26 heavy (non-hydrogen) atoms. The Morgan fingerprint density at radius 2 is 1.73 bits per heavy atom. The molecule has 0 heterocycles. The summed E-state index contributed by atoms with van der Waals surface area (Å²) < 4.78 is 8.64. The van der Waals surface area contributed by atoms with Gasteiger partial charge in [-0.1, -0.05) is 97.7 Å². The summed E-state index contributed by atoms with van der Waals surface area (Å²) in [5.74, 6) is -1.54. The van der Waals surface area contributed by atoms with Crippen molar-refractivity contribution in [2.75, 3.05) is 6.61 Å². The average Bonchev–Trinajstić information content (AvgIpc) is 2.61. The van der Waals surface area contributed by atoms with Crippen LogP contribution in [-0.4, -0.2) is 22.3 Å². The molecule has 0 aliphatic carbocycles. The number of carbonyl (C=O) groups excluding carboxylic acids is 2. The summed E-state index contributed by atoms with van der Waals surface area (Å²) in [4.78, 5) is 24.4. The lowest BCUT2D eigenvalue weighted by molar-refractivity contribution is -0.156. The minimum atomic E-state index is -1.67. The third-order valence-corrected chi connectivity index (χ3v) is 4.10. The SMILES string of the molecule is CCCCCC[C@H](CC(=O)OCC(Cl)(Cl)Cl)C(=O)OCc1ccccc1. The highest BCUT2D eigenvalue weighted by Gasteiger charge is 2.27. The molecule has 4 nitrogen and oxygen atoms in total. The van der Waals surface area contributed by atoms with Crippen molar-refractivity contribution in [1.82, 2.24) is 0 Å². The van der Waals surface area contributed by atoms with Crippen LogP contribution in [0.5, 0.6) is 0 Å². The first-order valence-corrected chi connectivity index (χ1v) is 9.88. The van der Waals surface area contributed by atoms with Crippen LogP contribution in [0.15, 0.2) is 30.3 Å². The highest BCUT2D eigenvalue weighted by molar-refractivity contribution is 6.67. The van der Waals surface area contributed by atoms with Gasteiger partial charge in [0.15, 0.2) is 0 Å². The third kappa shape index (κ3) is 10.9. The second kappa shape index (κ2) is 12.4. The van der Waals surface area contributed by atoms with Crippen molar-refractivity contribution in [1.29, 1.82) is 0 Å². The molecule has 1 rings (SSSR count). The quantitative estimate of drug-likeness (QED) is 0.263. The molecular weight excluding hydrogens is 399 g/mol. The number of hydrogen-bond acceptors (Lipinski definition) is 4. The van der Waals surface area contributed by atoms with E-state index in [-0.39, 0.29) is 19.6 Å². The maximum Gasteiger partial charge on any atom is 0.309 e. The van der Waals surface area contributed by atoms with Crippen LogP contribution in [0.4, 0.5) is 0 Å². The lowest BCUT2D eigenvalue weighted by atomic mass is 9.97. The van der Waals surface area contributed by atoms with E-state index in [0.717, 1.165) is 31.2 Å². The summed E-state index contributed by atoms with van der Waals surface area (Å²) in [6.07, 6.45) is 4.51. The van der Waals surface area contributed by atoms with Crippen molar-refractivity contribution in [2.24, 2.45) is 5.92 Å². The summed E-state index contributed by atoms with van der Waals surface area (Å²) in [7, 11) is 0. The van der Waals surface area contributed by atoms with Gasteiger partial charge < -0.3 is 9.47 Å². The van der Waals surface area contributed by atoms with Gasteiger partial charge in [-0.3, -0.25) is 9.59 Å². The summed E-state index contributed by atoms with van der Waals surface area (Å²) in [5, 5.41) is 0. The molecule has 0 radical (unpaired) electrons. The van der Waals surface area contributed by atoms with Crippen LogP contribution in [0, 0.1) is 5.92 Å². The van der Waals surface area contributed by atoms with E-state index in [1.807, 2.05) is 30.3 Å². The Morgan fingerprint density at radius 3 is 2.35 bits per heavy atom. The molecule has 0 amide bonds. The van der Waals surface area contributed by atoms with Crippen molar-refractivity contribution in [3.8, 4) is 0 Å². The van der Waals surface area contributed by atoms with Gasteiger partial charge in [-0.2, -0.15) is 0 Å². The summed E-state index contributed by atoms with van der Waals surface area (Å²) >= 11 is 16.7. The van der Waals surface area contributed by atoms with Gasteiger partial charge >= 0.3 is 11.9 Å². The van der Waals surface area contributed by atoms with Gasteiger partial charge in [-0.25, -0.2) is 0 Å². The molecule has 0 fully saturated rings. The number of ether oxygens (including phenoxy) is 2. The molecule has 0 aromatic heterocycles. The van der Waals surface area contributed by atoms with Gasteiger partial charge in [0, 0.05) is 0 Å². The lowest BCUT2D eigenvalue weighted by Gasteiger charge is -2.17. The molecule has 0 saturated heterocycles. The minimum Gasteiger partial charge on any atom is -0.461 e. The monoisotopic (exact) mass is 422 g/mol. The standard InChI is InChI=1S/C19H25Cl3O4/c1-2-3-4-8-11-16(12-17(23)26-14-19(20,21)22)18(24)25-13-15-9-6-5-7-10-15/h5-7,9-10,16H,2-4,8,11-14H2,1H3/t16-/m1/s1. The van der Waals surface area contributed by atoms with E-state index in [9.17, 15) is 9.59 Å². The second-order valence-electron chi connectivity index (χ2n) is 6.12. The van der Waals surface area contributed by atoms with Gasteiger partial charge in [0.05, 0.1) is 12.3 Å². The van der Waals surface area contributed by atoms with Gasteiger partial charge in [-0.05, 0) is 12.0 Å². The van der Waals surface area contributed by atoms with Gasteiger partial charge in [0.2, 0.25) is 3.79 Å². The van der Waals surface area contributed by atoms with Crippen molar-refractivity contribution < 1.29 is 19.1 Å². The molecule has 0 aliphatic heterocycles. The number of halogens is 3. The van der Waals surface area contributed by atoms with E-state index in [1.165, 1.54) is 0 Å². The molecule has 0 saturated carbocycles. The van der Waals surface area contributed by atoms with E-state index in [2.05, 4.69) is 6.92 Å². The Balaban J connectivity index is 2.55. The van der Waals surface area contributed by atoms with E-state index in [1.54, 1.807) is 0 Å². The fraction of sp³-hybridized carbons (Fsp3) is 0.579. The van der Waals surface area contributed by atoms with Crippen LogP contribution in [0.3, 0.4) is 0 Å². The van der Waals surface area contributed by atoms with E-state index in [4.69, 9.17) is 44.3 Å².